The maximum absolute atomic E-state index is 12.6. The molecule has 0 aliphatic carbocycles. The first-order chi connectivity index (χ1) is 11.5. The number of thioether (sulfide) groups is 1. The molecule has 1 fully saturated rings. The highest BCUT2D eigenvalue weighted by Crippen LogP contribution is 2.27. The minimum Gasteiger partial charge on any atom is -0.411 e. The third-order valence-electron chi connectivity index (χ3n) is 3.53. The average Bonchev–Trinajstić information content (AvgIpc) is 3.25. The minimum atomic E-state index is -3.51. The van der Waals surface area contributed by atoms with E-state index in [0.717, 1.165) is 24.6 Å². The Balaban J connectivity index is 1.84. The Labute approximate surface area is 143 Å². The molecule has 10 heteroatoms. The summed E-state index contributed by atoms with van der Waals surface area (Å²) in [6.45, 7) is 1.09. The van der Waals surface area contributed by atoms with Gasteiger partial charge in [-0.2, -0.15) is 4.31 Å². The fourth-order valence-corrected chi connectivity index (χ4v) is 4.45. The summed E-state index contributed by atoms with van der Waals surface area (Å²) in [5.74, 6) is -0.260. The molecule has 0 saturated carbocycles. The number of aromatic nitrogens is 2. The van der Waals surface area contributed by atoms with Gasteiger partial charge in [0.1, 0.15) is 0 Å². The monoisotopic (exact) mass is 368 g/mol. The van der Waals surface area contributed by atoms with Crippen molar-refractivity contribution in [1.29, 1.82) is 0 Å². The molecular formula is C14H16N4O4S2. The number of hydrogen-bond donors (Lipinski definition) is 1. The van der Waals surface area contributed by atoms with Crippen LogP contribution in [0.2, 0.25) is 0 Å². The highest BCUT2D eigenvalue weighted by Gasteiger charge is 2.27. The fourth-order valence-electron chi connectivity index (χ4n) is 2.38. The molecule has 24 heavy (non-hydrogen) atoms. The Hall–Kier alpha value is -1.91. The van der Waals surface area contributed by atoms with Gasteiger partial charge in [0.2, 0.25) is 21.8 Å². The van der Waals surface area contributed by atoms with Gasteiger partial charge in [0, 0.05) is 18.7 Å². The van der Waals surface area contributed by atoms with E-state index < -0.39 is 15.9 Å². The molecule has 2 aromatic rings. The molecule has 1 aliphatic rings. The van der Waals surface area contributed by atoms with Crippen LogP contribution in [0.4, 0.5) is 0 Å². The second kappa shape index (κ2) is 6.91. The summed E-state index contributed by atoms with van der Waals surface area (Å²) in [6.07, 6.45) is 1.76. The molecule has 8 nitrogen and oxygen atoms in total. The van der Waals surface area contributed by atoms with Crippen LogP contribution in [0.15, 0.2) is 38.8 Å². The number of benzene rings is 1. The standard InChI is InChI=1S/C14H16N4O4S2/c15-12(19)9-23-14-17-16-13(22-14)10-4-3-5-11(8-10)24(20,21)18-6-1-2-7-18/h3-5,8H,1-2,6-7,9H2,(H2,15,19). The predicted octanol–water partition coefficient (Wildman–Crippen LogP) is 1.10. The maximum Gasteiger partial charge on any atom is 0.277 e. The summed E-state index contributed by atoms with van der Waals surface area (Å²) >= 11 is 1.03. The van der Waals surface area contributed by atoms with E-state index in [-0.39, 0.29) is 21.8 Å². The van der Waals surface area contributed by atoms with Gasteiger partial charge in [-0.25, -0.2) is 8.42 Å². The van der Waals surface area contributed by atoms with E-state index in [4.69, 9.17) is 10.2 Å². The molecule has 1 aromatic carbocycles. The van der Waals surface area contributed by atoms with Gasteiger partial charge in [0.05, 0.1) is 10.6 Å². The van der Waals surface area contributed by atoms with Crippen molar-refractivity contribution in [3.8, 4) is 11.5 Å². The van der Waals surface area contributed by atoms with Crippen LogP contribution < -0.4 is 5.73 Å². The topological polar surface area (TPSA) is 119 Å². The summed E-state index contributed by atoms with van der Waals surface area (Å²) in [4.78, 5) is 11.0. The molecule has 3 rings (SSSR count). The zero-order valence-electron chi connectivity index (χ0n) is 12.7. The Morgan fingerprint density at radius 1 is 1.29 bits per heavy atom. The SMILES string of the molecule is NC(=O)CSc1nnc(-c2cccc(S(=O)(=O)N3CCCC3)c2)o1. The smallest absolute Gasteiger partial charge is 0.277 e. The van der Waals surface area contributed by atoms with E-state index in [1.54, 1.807) is 18.2 Å². The summed E-state index contributed by atoms with van der Waals surface area (Å²) in [6, 6.07) is 6.40. The van der Waals surface area contributed by atoms with E-state index in [9.17, 15) is 13.2 Å². The van der Waals surface area contributed by atoms with Crippen LogP contribution in [0.3, 0.4) is 0 Å². The van der Waals surface area contributed by atoms with Gasteiger partial charge in [-0.05, 0) is 31.0 Å². The van der Waals surface area contributed by atoms with Crippen molar-refractivity contribution in [2.75, 3.05) is 18.8 Å². The number of carbonyl (C=O) groups excluding carboxylic acids is 1. The number of hydrogen-bond acceptors (Lipinski definition) is 7. The Morgan fingerprint density at radius 3 is 2.75 bits per heavy atom. The molecule has 0 spiro atoms. The second-order valence-corrected chi connectivity index (χ2v) is 8.13. The van der Waals surface area contributed by atoms with Crippen LogP contribution in [0.25, 0.3) is 11.5 Å². The highest BCUT2D eigenvalue weighted by atomic mass is 32.2. The van der Waals surface area contributed by atoms with Gasteiger partial charge in [-0.15, -0.1) is 10.2 Å². The number of carbonyl (C=O) groups is 1. The molecule has 0 radical (unpaired) electrons. The quantitative estimate of drug-likeness (QED) is 0.758. The molecule has 1 aliphatic heterocycles. The average molecular weight is 368 g/mol. The first-order valence-electron chi connectivity index (χ1n) is 7.32. The van der Waals surface area contributed by atoms with Crippen LogP contribution in [-0.4, -0.2) is 47.7 Å². The molecule has 1 amide bonds. The zero-order chi connectivity index (χ0) is 17.2. The van der Waals surface area contributed by atoms with Crippen molar-refractivity contribution >= 4 is 27.7 Å². The van der Waals surface area contributed by atoms with E-state index >= 15 is 0 Å². The summed E-state index contributed by atoms with van der Waals surface area (Å²) < 4.78 is 32.1. The van der Waals surface area contributed by atoms with Gasteiger partial charge in [0.15, 0.2) is 0 Å². The number of nitrogens with zero attached hydrogens (tertiary/aromatic N) is 3. The Morgan fingerprint density at radius 2 is 2.04 bits per heavy atom. The fraction of sp³-hybridized carbons (Fsp3) is 0.357. The first-order valence-corrected chi connectivity index (χ1v) is 9.74. The minimum absolute atomic E-state index is 0.0328. The third kappa shape index (κ3) is 3.60. The van der Waals surface area contributed by atoms with E-state index in [2.05, 4.69) is 10.2 Å². The lowest BCUT2D eigenvalue weighted by atomic mass is 10.2. The van der Waals surface area contributed by atoms with E-state index in [1.165, 1.54) is 10.4 Å². The Bertz CT molecular complexity index is 844. The summed E-state index contributed by atoms with van der Waals surface area (Å²) in [5.41, 5.74) is 5.57. The van der Waals surface area contributed by atoms with Crippen LogP contribution in [0.1, 0.15) is 12.8 Å². The summed E-state index contributed by atoms with van der Waals surface area (Å²) in [7, 11) is -3.51. The molecule has 0 bridgehead atoms. The molecule has 2 heterocycles. The number of nitrogens with two attached hydrogens (primary N) is 1. The zero-order valence-corrected chi connectivity index (χ0v) is 14.3. The maximum atomic E-state index is 12.6. The van der Waals surface area contributed by atoms with Crippen molar-refractivity contribution < 1.29 is 17.6 Å². The largest absolute Gasteiger partial charge is 0.411 e. The van der Waals surface area contributed by atoms with Crippen molar-refractivity contribution in [3.63, 3.8) is 0 Å². The molecule has 0 atom stereocenters. The number of sulfonamides is 1. The van der Waals surface area contributed by atoms with Gasteiger partial charge in [-0.3, -0.25) is 4.79 Å². The molecule has 1 saturated heterocycles. The normalized spacial score (nSPS) is 15.7. The lowest BCUT2D eigenvalue weighted by molar-refractivity contribution is -0.115. The second-order valence-electron chi connectivity index (χ2n) is 5.27. The van der Waals surface area contributed by atoms with Crippen molar-refractivity contribution in [3.05, 3.63) is 24.3 Å². The van der Waals surface area contributed by atoms with Gasteiger partial charge in [-0.1, -0.05) is 17.8 Å². The van der Waals surface area contributed by atoms with Crippen LogP contribution >= 0.6 is 11.8 Å². The number of primary amides is 1. The van der Waals surface area contributed by atoms with Crippen molar-refractivity contribution in [2.24, 2.45) is 5.73 Å². The lowest BCUT2D eigenvalue weighted by Crippen LogP contribution is -2.27. The molecule has 2 N–H and O–H groups in total. The van der Waals surface area contributed by atoms with Gasteiger partial charge >= 0.3 is 0 Å². The van der Waals surface area contributed by atoms with Gasteiger partial charge in [0.25, 0.3) is 5.22 Å². The van der Waals surface area contributed by atoms with Crippen LogP contribution in [0, 0.1) is 0 Å². The third-order valence-corrected chi connectivity index (χ3v) is 6.26. The van der Waals surface area contributed by atoms with Crippen LogP contribution in [0.5, 0.6) is 0 Å². The molecule has 128 valence electrons. The number of rotatable bonds is 6. The van der Waals surface area contributed by atoms with Gasteiger partial charge < -0.3 is 10.2 Å². The molecular weight excluding hydrogens is 352 g/mol. The Kier molecular flexibility index (Phi) is 4.88. The molecule has 0 unspecified atom stereocenters. The first kappa shape index (κ1) is 16.9. The van der Waals surface area contributed by atoms with E-state index in [0.29, 0.717) is 18.7 Å². The van der Waals surface area contributed by atoms with E-state index in [1.807, 2.05) is 0 Å². The van der Waals surface area contributed by atoms with Crippen molar-refractivity contribution in [2.45, 2.75) is 23.0 Å². The molecule has 1 aromatic heterocycles. The highest BCUT2D eigenvalue weighted by molar-refractivity contribution is 7.99. The predicted molar refractivity (Wildman–Crippen MR) is 87.6 cm³/mol. The summed E-state index contributed by atoms with van der Waals surface area (Å²) in [5, 5.41) is 7.90. The lowest BCUT2D eigenvalue weighted by Gasteiger charge is -2.15. The van der Waals surface area contributed by atoms with Crippen molar-refractivity contribution in [1.82, 2.24) is 14.5 Å². The van der Waals surface area contributed by atoms with Crippen LogP contribution in [-0.2, 0) is 14.8 Å². The number of amides is 1.